The molecule has 108 valence electrons. The van der Waals surface area contributed by atoms with Crippen LogP contribution in [0, 0.1) is 0 Å². The number of nitrogens with zero attached hydrogens (tertiary/aromatic N) is 1. The molecule has 0 unspecified atom stereocenters. The van der Waals surface area contributed by atoms with Gasteiger partial charge >= 0.3 is 0 Å². The molecule has 0 aliphatic heterocycles. The van der Waals surface area contributed by atoms with Crippen LogP contribution in [0.4, 0.5) is 0 Å². The Labute approximate surface area is 128 Å². The summed E-state index contributed by atoms with van der Waals surface area (Å²) in [6.07, 6.45) is 4.37. The highest BCUT2D eigenvalue weighted by atomic mass is 15.1. The fourth-order valence-electron chi connectivity index (χ4n) is 2.24. The van der Waals surface area contributed by atoms with E-state index < -0.39 is 0 Å². The Kier molecular flexibility index (Phi) is 5.53. The Morgan fingerprint density at radius 3 is 2.57 bits per heavy atom. The summed E-state index contributed by atoms with van der Waals surface area (Å²) in [5.74, 6) is 0. The summed E-state index contributed by atoms with van der Waals surface area (Å²) in [7, 11) is 2.14. The van der Waals surface area contributed by atoms with E-state index in [-0.39, 0.29) is 0 Å². The van der Waals surface area contributed by atoms with Crippen LogP contribution in [0.15, 0.2) is 67.3 Å². The third-order valence-corrected chi connectivity index (χ3v) is 3.40. The van der Waals surface area contributed by atoms with Gasteiger partial charge in [-0.25, -0.2) is 0 Å². The number of benzene rings is 2. The molecule has 2 rings (SSSR count). The lowest BCUT2D eigenvalue weighted by Gasteiger charge is -2.15. The summed E-state index contributed by atoms with van der Waals surface area (Å²) in [6, 6.07) is 19.0. The van der Waals surface area contributed by atoms with Crippen LogP contribution in [-0.2, 0) is 6.54 Å². The van der Waals surface area contributed by atoms with Gasteiger partial charge in [-0.15, -0.1) is 0 Å². The molecule has 0 N–H and O–H groups in total. The van der Waals surface area contributed by atoms with Crippen molar-refractivity contribution in [1.82, 2.24) is 4.90 Å². The van der Waals surface area contributed by atoms with Gasteiger partial charge in [0.15, 0.2) is 0 Å². The highest BCUT2D eigenvalue weighted by Crippen LogP contribution is 2.14. The van der Waals surface area contributed by atoms with Gasteiger partial charge in [-0.3, -0.25) is 4.90 Å². The quantitative estimate of drug-likeness (QED) is 0.728. The lowest BCUT2D eigenvalue weighted by Crippen LogP contribution is -2.17. The molecular weight excluding hydrogens is 254 g/mol. The molecule has 0 saturated carbocycles. The van der Waals surface area contributed by atoms with Crippen LogP contribution in [0.3, 0.4) is 0 Å². The van der Waals surface area contributed by atoms with Crippen molar-refractivity contribution in [3.63, 3.8) is 0 Å². The highest BCUT2D eigenvalue weighted by molar-refractivity contribution is 5.61. The minimum atomic E-state index is 0.937. The number of rotatable bonds is 6. The van der Waals surface area contributed by atoms with Crippen molar-refractivity contribution >= 4 is 11.6 Å². The van der Waals surface area contributed by atoms with Crippen LogP contribution >= 0.6 is 0 Å². The van der Waals surface area contributed by atoms with E-state index in [9.17, 15) is 0 Å². The molecular formula is C20H23N. The fraction of sp³-hybridized carbons (Fsp3) is 0.200. The smallest absolute Gasteiger partial charge is 0.0234 e. The van der Waals surface area contributed by atoms with E-state index in [4.69, 9.17) is 0 Å². The van der Waals surface area contributed by atoms with Gasteiger partial charge < -0.3 is 0 Å². The predicted octanol–water partition coefficient (Wildman–Crippen LogP) is 4.86. The zero-order valence-electron chi connectivity index (χ0n) is 12.9. The van der Waals surface area contributed by atoms with E-state index in [0.29, 0.717) is 0 Å². The summed E-state index contributed by atoms with van der Waals surface area (Å²) in [5.41, 5.74) is 4.91. The largest absolute Gasteiger partial charge is 0.298 e. The van der Waals surface area contributed by atoms with E-state index in [1.165, 1.54) is 16.7 Å². The molecule has 0 aliphatic carbocycles. The van der Waals surface area contributed by atoms with Crippen molar-refractivity contribution in [2.45, 2.75) is 13.5 Å². The highest BCUT2D eigenvalue weighted by Gasteiger charge is 2.00. The first kappa shape index (κ1) is 15.3. The van der Waals surface area contributed by atoms with Gasteiger partial charge in [-0.2, -0.15) is 0 Å². The first-order valence-corrected chi connectivity index (χ1v) is 7.30. The molecule has 0 radical (unpaired) electrons. The van der Waals surface area contributed by atoms with Crippen molar-refractivity contribution in [3.05, 3.63) is 83.9 Å². The molecule has 2 aromatic carbocycles. The molecule has 0 saturated heterocycles. The summed E-state index contributed by atoms with van der Waals surface area (Å²) in [5, 5.41) is 0. The Morgan fingerprint density at radius 1 is 1.10 bits per heavy atom. The molecule has 1 nitrogen and oxygen atoms in total. The van der Waals surface area contributed by atoms with Crippen molar-refractivity contribution in [2.75, 3.05) is 13.6 Å². The minimum Gasteiger partial charge on any atom is -0.298 e. The Hall–Kier alpha value is -2.12. The molecule has 0 spiro atoms. The third-order valence-electron chi connectivity index (χ3n) is 3.40. The fourth-order valence-corrected chi connectivity index (χ4v) is 2.24. The topological polar surface area (TPSA) is 3.24 Å². The Bertz CT molecular complexity index is 611. The average molecular weight is 277 g/mol. The maximum atomic E-state index is 4.00. The van der Waals surface area contributed by atoms with Crippen LogP contribution in [-0.4, -0.2) is 18.5 Å². The van der Waals surface area contributed by atoms with Crippen LogP contribution in [0.5, 0.6) is 0 Å². The standard InChI is InChI=1S/C20H23N/c1-17(2)20-13-7-11-19(15-20)16-21(3)14-8-12-18-9-5-4-6-10-18/h4-13,15H,1,14,16H2,2-3H3. The summed E-state index contributed by atoms with van der Waals surface area (Å²) in [6.45, 7) is 7.93. The first-order valence-electron chi connectivity index (χ1n) is 7.30. The molecule has 0 aromatic heterocycles. The molecule has 0 aliphatic rings. The molecule has 0 amide bonds. The molecule has 1 heteroatoms. The number of hydrogen-bond acceptors (Lipinski definition) is 1. The van der Waals surface area contributed by atoms with Gasteiger partial charge in [0.25, 0.3) is 0 Å². The van der Waals surface area contributed by atoms with Crippen LogP contribution in [0.2, 0.25) is 0 Å². The zero-order valence-corrected chi connectivity index (χ0v) is 12.9. The molecule has 21 heavy (non-hydrogen) atoms. The van der Waals surface area contributed by atoms with Gasteiger partial charge in [0.1, 0.15) is 0 Å². The van der Waals surface area contributed by atoms with E-state index in [2.05, 4.69) is 79.2 Å². The Morgan fingerprint density at radius 2 is 1.86 bits per heavy atom. The van der Waals surface area contributed by atoms with E-state index >= 15 is 0 Å². The molecule has 0 fully saturated rings. The summed E-state index contributed by atoms with van der Waals surface area (Å²) >= 11 is 0. The maximum absolute atomic E-state index is 4.00. The SMILES string of the molecule is C=C(C)c1cccc(CN(C)CC=Cc2ccccc2)c1. The number of hydrogen-bond donors (Lipinski definition) is 0. The number of likely N-dealkylation sites (N-methyl/N-ethyl adjacent to an activating group) is 1. The lowest BCUT2D eigenvalue weighted by atomic mass is 10.1. The molecule has 0 atom stereocenters. The second-order valence-corrected chi connectivity index (χ2v) is 5.49. The average Bonchev–Trinajstić information content (AvgIpc) is 2.48. The monoisotopic (exact) mass is 277 g/mol. The first-order chi connectivity index (χ1) is 10.1. The van der Waals surface area contributed by atoms with E-state index in [1.807, 2.05) is 13.0 Å². The molecule has 0 heterocycles. The normalized spacial score (nSPS) is 11.2. The molecule has 0 bridgehead atoms. The number of allylic oxidation sites excluding steroid dienone is 1. The predicted molar refractivity (Wildman–Crippen MR) is 93.0 cm³/mol. The van der Waals surface area contributed by atoms with E-state index in [1.54, 1.807) is 0 Å². The third kappa shape index (κ3) is 5.05. The second-order valence-electron chi connectivity index (χ2n) is 5.49. The zero-order chi connectivity index (χ0) is 15.1. The van der Waals surface area contributed by atoms with Gasteiger partial charge in [0, 0.05) is 13.1 Å². The van der Waals surface area contributed by atoms with Crippen molar-refractivity contribution in [2.24, 2.45) is 0 Å². The second kappa shape index (κ2) is 7.61. The summed E-state index contributed by atoms with van der Waals surface area (Å²) < 4.78 is 0. The van der Waals surface area contributed by atoms with Crippen molar-refractivity contribution in [1.29, 1.82) is 0 Å². The Balaban J connectivity index is 1.90. The van der Waals surface area contributed by atoms with Crippen LogP contribution < -0.4 is 0 Å². The van der Waals surface area contributed by atoms with Gasteiger partial charge in [-0.05, 0) is 30.7 Å². The van der Waals surface area contributed by atoms with Crippen LogP contribution in [0.25, 0.3) is 11.6 Å². The van der Waals surface area contributed by atoms with Crippen molar-refractivity contribution < 1.29 is 0 Å². The van der Waals surface area contributed by atoms with Gasteiger partial charge in [0.2, 0.25) is 0 Å². The van der Waals surface area contributed by atoms with Gasteiger partial charge in [0.05, 0.1) is 0 Å². The van der Waals surface area contributed by atoms with E-state index in [0.717, 1.165) is 18.7 Å². The minimum absolute atomic E-state index is 0.937. The van der Waals surface area contributed by atoms with Crippen molar-refractivity contribution in [3.8, 4) is 0 Å². The molecule has 2 aromatic rings. The summed E-state index contributed by atoms with van der Waals surface area (Å²) in [4.78, 5) is 2.30. The van der Waals surface area contributed by atoms with Crippen LogP contribution in [0.1, 0.15) is 23.6 Å². The maximum Gasteiger partial charge on any atom is 0.0234 e. The van der Waals surface area contributed by atoms with Gasteiger partial charge in [-0.1, -0.05) is 78.9 Å². The lowest BCUT2D eigenvalue weighted by molar-refractivity contribution is 0.364.